The highest BCUT2D eigenvalue weighted by Gasteiger charge is 2.38. The smallest absolute Gasteiger partial charge is 0.0704 e. The molecule has 0 aromatic carbocycles. The van der Waals surface area contributed by atoms with Crippen LogP contribution in [-0.2, 0) is 0 Å². The zero-order valence-electron chi connectivity index (χ0n) is 8.79. The normalized spacial score (nSPS) is 39.0. The lowest BCUT2D eigenvalue weighted by molar-refractivity contribution is 0.0591. The first-order valence-electron chi connectivity index (χ1n) is 5.53. The monoisotopic (exact) mass is 183 g/mol. The van der Waals surface area contributed by atoms with Crippen LogP contribution in [0.2, 0.25) is 0 Å². The van der Waals surface area contributed by atoms with Gasteiger partial charge in [-0.25, -0.2) is 0 Å². The van der Waals surface area contributed by atoms with Crippen molar-refractivity contribution in [2.24, 2.45) is 5.41 Å². The zero-order valence-corrected chi connectivity index (χ0v) is 8.79. The maximum atomic E-state index is 9.61. The summed E-state index contributed by atoms with van der Waals surface area (Å²) < 4.78 is 0. The van der Waals surface area contributed by atoms with Crippen molar-refractivity contribution in [2.45, 2.75) is 51.7 Å². The van der Waals surface area contributed by atoms with Gasteiger partial charge in [-0.1, -0.05) is 13.3 Å². The Labute approximate surface area is 80.9 Å². The average molecular weight is 183 g/mol. The summed E-state index contributed by atoms with van der Waals surface area (Å²) in [6, 6.07) is 0.387. The molecule has 0 spiro atoms. The van der Waals surface area contributed by atoms with E-state index >= 15 is 0 Å². The molecule has 0 aromatic rings. The fourth-order valence-electron chi connectivity index (χ4n) is 2.64. The number of hydrogen-bond donors (Lipinski definition) is 1. The third kappa shape index (κ3) is 1.75. The second-order valence-corrected chi connectivity index (χ2v) is 5.23. The first-order chi connectivity index (χ1) is 6.11. The Hall–Kier alpha value is -0.0800. The molecule has 1 saturated carbocycles. The molecular weight excluding hydrogens is 162 g/mol. The minimum atomic E-state index is -0.0799. The van der Waals surface area contributed by atoms with Gasteiger partial charge in [0.25, 0.3) is 0 Å². The Balaban J connectivity index is 1.88. The van der Waals surface area contributed by atoms with E-state index in [0.717, 1.165) is 13.0 Å². The molecule has 2 heteroatoms. The third-order valence-corrected chi connectivity index (χ3v) is 3.99. The fraction of sp³-hybridized carbons (Fsp3) is 1.00. The van der Waals surface area contributed by atoms with Crippen LogP contribution in [0.4, 0.5) is 0 Å². The van der Waals surface area contributed by atoms with Crippen LogP contribution >= 0.6 is 0 Å². The van der Waals surface area contributed by atoms with Crippen LogP contribution < -0.4 is 0 Å². The summed E-state index contributed by atoms with van der Waals surface area (Å²) in [6.07, 6.45) is 5.06. The van der Waals surface area contributed by atoms with Crippen molar-refractivity contribution in [2.75, 3.05) is 13.1 Å². The Morgan fingerprint density at radius 2 is 2.15 bits per heavy atom. The molecule has 13 heavy (non-hydrogen) atoms. The van der Waals surface area contributed by atoms with E-state index in [2.05, 4.69) is 18.7 Å². The molecule has 1 aliphatic carbocycles. The van der Waals surface area contributed by atoms with E-state index in [4.69, 9.17) is 0 Å². The molecule has 2 atom stereocenters. The van der Waals surface area contributed by atoms with Crippen LogP contribution in [-0.4, -0.2) is 35.2 Å². The summed E-state index contributed by atoms with van der Waals surface area (Å²) in [5.74, 6) is 0. The van der Waals surface area contributed by atoms with Crippen molar-refractivity contribution in [3.8, 4) is 0 Å². The summed E-state index contributed by atoms with van der Waals surface area (Å²) in [7, 11) is 0. The highest BCUT2D eigenvalue weighted by molar-refractivity contribution is 4.91. The average Bonchev–Trinajstić information content (AvgIpc) is 2.33. The van der Waals surface area contributed by atoms with Gasteiger partial charge in [-0.05, 0) is 31.6 Å². The first kappa shape index (κ1) is 9.47. The van der Waals surface area contributed by atoms with Gasteiger partial charge >= 0.3 is 0 Å². The summed E-state index contributed by atoms with van der Waals surface area (Å²) in [6.45, 7) is 6.83. The van der Waals surface area contributed by atoms with Gasteiger partial charge in [0.15, 0.2) is 0 Å². The first-order valence-corrected chi connectivity index (χ1v) is 5.53. The Morgan fingerprint density at radius 3 is 2.54 bits per heavy atom. The molecule has 1 heterocycles. The number of nitrogens with zero attached hydrogens (tertiary/aromatic N) is 1. The van der Waals surface area contributed by atoms with Crippen LogP contribution in [0.5, 0.6) is 0 Å². The van der Waals surface area contributed by atoms with Crippen LogP contribution in [0.25, 0.3) is 0 Å². The van der Waals surface area contributed by atoms with Gasteiger partial charge in [0, 0.05) is 19.1 Å². The zero-order chi connectivity index (χ0) is 9.47. The lowest BCUT2D eigenvalue weighted by Gasteiger charge is -2.42. The minimum Gasteiger partial charge on any atom is -0.391 e. The van der Waals surface area contributed by atoms with Crippen molar-refractivity contribution in [1.29, 1.82) is 0 Å². The second-order valence-electron chi connectivity index (χ2n) is 5.23. The highest BCUT2D eigenvalue weighted by Crippen LogP contribution is 2.41. The molecule has 0 unspecified atom stereocenters. The summed E-state index contributed by atoms with van der Waals surface area (Å²) >= 11 is 0. The number of rotatable bonds is 2. The van der Waals surface area contributed by atoms with E-state index in [1.165, 1.54) is 25.8 Å². The molecule has 76 valence electrons. The molecule has 2 nitrogen and oxygen atoms in total. The van der Waals surface area contributed by atoms with Gasteiger partial charge < -0.3 is 5.11 Å². The largest absolute Gasteiger partial charge is 0.391 e. The van der Waals surface area contributed by atoms with Gasteiger partial charge in [0.2, 0.25) is 0 Å². The number of hydrogen-bond acceptors (Lipinski definition) is 2. The van der Waals surface area contributed by atoms with E-state index in [0.29, 0.717) is 11.5 Å². The molecule has 2 aliphatic rings. The lowest BCUT2D eigenvalue weighted by atomic mass is 9.70. The van der Waals surface area contributed by atoms with E-state index in [9.17, 15) is 5.11 Å². The molecular formula is C11H21NO. The van der Waals surface area contributed by atoms with Crippen molar-refractivity contribution in [1.82, 2.24) is 4.90 Å². The summed E-state index contributed by atoms with van der Waals surface area (Å²) in [5.41, 5.74) is 0.568. The van der Waals surface area contributed by atoms with Gasteiger partial charge in [-0.3, -0.25) is 4.90 Å². The predicted molar refractivity (Wildman–Crippen MR) is 53.6 cm³/mol. The molecule has 0 aromatic heterocycles. The van der Waals surface area contributed by atoms with E-state index < -0.39 is 0 Å². The molecule has 2 rings (SSSR count). The van der Waals surface area contributed by atoms with Crippen LogP contribution in [0, 0.1) is 5.41 Å². The van der Waals surface area contributed by atoms with Gasteiger partial charge in [0.05, 0.1) is 6.10 Å². The van der Waals surface area contributed by atoms with Crippen LogP contribution in [0.15, 0.2) is 0 Å². The molecule has 0 bridgehead atoms. The van der Waals surface area contributed by atoms with Gasteiger partial charge in [-0.15, -0.1) is 0 Å². The number of aliphatic hydroxyl groups excluding tert-OH is 1. The quantitative estimate of drug-likeness (QED) is 0.703. The standard InChI is InChI=1S/C11H21NO/c1-9-10(13)4-7-12(9)8-11(2)5-3-6-11/h9-10,13H,3-8H2,1-2H3/t9-,10+/m0/s1. The van der Waals surface area contributed by atoms with Crippen LogP contribution in [0.1, 0.15) is 39.5 Å². The number of aliphatic hydroxyl groups is 1. The van der Waals surface area contributed by atoms with Crippen molar-refractivity contribution < 1.29 is 5.11 Å². The maximum Gasteiger partial charge on any atom is 0.0704 e. The van der Waals surface area contributed by atoms with Crippen molar-refractivity contribution >= 4 is 0 Å². The predicted octanol–water partition coefficient (Wildman–Crippen LogP) is 1.63. The van der Waals surface area contributed by atoms with Crippen molar-refractivity contribution in [3.63, 3.8) is 0 Å². The number of likely N-dealkylation sites (tertiary alicyclic amines) is 1. The highest BCUT2D eigenvalue weighted by atomic mass is 16.3. The molecule has 2 fully saturated rings. The van der Waals surface area contributed by atoms with Gasteiger partial charge in [0.1, 0.15) is 0 Å². The molecule has 0 radical (unpaired) electrons. The summed E-state index contributed by atoms with van der Waals surface area (Å²) in [4.78, 5) is 2.46. The van der Waals surface area contributed by atoms with Crippen molar-refractivity contribution in [3.05, 3.63) is 0 Å². The van der Waals surface area contributed by atoms with Gasteiger partial charge in [-0.2, -0.15) is 0 Å². The fourth-order valence-corrected chi connectivity index (χ4v) is 2.64. The third-order valence-electron chi connectivity index (χ3n) is 3.99. The maximum absolute atomic E-state index is 9.61. The molecule has 1 saturated heterocycles. The van der Waals surface area contributed by atoms with E-state index in [1.54, 1.807) is 0 Å². The molecule has 0 amide bonds. The second kappa shape index (κ2) is 3.25. The van der Waals surface area contributed by atoms with E-state index in [1.807, 2.05) is 0 Å². The minimum absolute atomic E-state index is 0.0799. The Morgan fingerprint density at radius 1 is 1.46 bits per heavy atom. The molecule has 1 aliphatic heterocycles. The topological polar surface area (TPSA) is 23.5 Å². The van der Waals surface area contributed by atoms with E-state index in [-0.39, 0.29) is 6.10 Å². The Bertz CT molecular complexity index is 189. The Kier molecular flexibility index (Phi) is 2.37. The lowest BCUT2D eigenvalue weighted by Crippen LogP contribution is -2.43. The molecule has 1 N–H and O–H groups in total. The summed E-state index contributed by atoms with van der Waals surface area (Å²) in [5, 5.41) is 9.61. The SMILES string of the molecule is C[C@H]1[C@H](O)CCN1CC1(C)CCC1. The van der Waals surface area contributed by atoms with Crippen LogP contribution in [0.3, 0.4) is 0 Å².